The third-order valence-corrected chi connectivity index (χ3v) is 5.75. The third kappa shape index (κ3) is 4.80. The molecule has 7 nitrogen and oxygen atoms in total. The van der Waals surface area contributed by atoms with Crippen molar-refractivity contribution in [1.29, 1.82) is 0 Å². The quantitative estimate of drug-likeness (QED) is 0.413. The highest BCUT2D eigenvalue weighted by atomic mass is 19.3. The molecule has 2 heterocycles. The van der Waals surface area contributed by atoms with Crippen LogP contribution in [0, 0.1) is 5.82 Å². The standard InChI is InChI=1S/C23H21F3N6O/c24-19-10-16(22-29-30-23(33-22)21(25)26)8-9-17(19)12-32-13-20(28-31-32)15-6-4-14(5-7-15)11-27-18-2-1-3-18/h4-10,13,18,21,27H,1-3,11-12H2. The van der Waals surface area contributed by atoms with Gasteiger partial charge in [0.1, 0.15) is 11.5 Å². The van der Waals surface area contributed by atoms with Crippen molar-refractivity contribution < 1.29 is 17.6 Å². The first-order chi connectivity index (χ1) is 16.0. The third-order valence-electron chi connectivity index (χ3n) is 5.75. The van der Waals surface area contributed by atoms with E-state index in [9.17, 15) is 13.2 Å². The molecule has 2 aromatic carbocycles. The van der Waals surface area contributed by atoms with Crippen molar-refractivity contribution in [2.24, 2.45) is 0 Å². The lowest BCUT2D eigenvalue weighted by Crippen LogP contribution is -2.34. The molecule has 170 valence electrons. The summed E-state index contributed by atoms with van der Waals surface area (Å²) >= 11 is 0. The maximum absolute atomic E-state index is 14.6. The second kappa shape index (κ2) is 9.14. The molecule has 4 aromatic rings. The average Bonchev–Trinajstić information content (AvgIpc) is 3.45. The van der Waals surface area contributed by atoms with Crippen LogP contribution in [-0.2, 0) is 13.1 Å². The molecule has 1 fully saturated rings. The van der Waals surface area contributed by atoms with E-state index in [2.05, 4.69) is 38.0 Å². The van der Waals surface area contributed by atoms with Crippen LogP contribution in [0.2, 0.25) is 0 Å². The molecule has 0 bridgehead atoms. The Morgan fingerprint density at radius 2 is 1.82 bits per heavy atom. The number of alkyl halides is 2. The van der Waals surface area contributed by atoms with Crippen LogP contribution in [-0.4, -0.2) is 31.2 Å². The van der Waals surface area contributed by atoms with Gasteiger partial charge in [0, 0.05) is 29.3 Å². The van der Waals surface area contributed by atoms with Gasteiger partial charge in [-0.15, -0.1) is 15.3 Å². The van der Waals surface area contributed by atoms with E-state index in [0.717, 1.165) is 12.1 Å². The number of aromatic nitrogens is 5. The molecule has 1 saturated carbocycles. The predicted molar refractivity (Wildman–Crippen MR) is 114 cm³/mol. The Hall–Kier alpha value is -3.53. The van der Waals surface area contributed by atoms with Crippen molar-refractivity contribution >= 4 is 0 Å². The molecule has 0 aliphatic heterocycles. The molecule has 10 heteroatoms. The van der Waals surface area contributed by atoms with Crippen molar-refractivity contribution in [3.63, 3.8) is 0 Å². The number of hydrogen-bond donors (Lipinski definition) is 1. The number of halogens is 3. The van der Waals surface area contributed by atoms with E-state index in [0.29, 0.717) is 17.3 Å². The van der Waals surface area contributed by atoms with E-state index >= 15 is 0 Å². The van der Waals surface area contributed by atoms with E-state index in [1.54, 1.807) is 10.9 Å². The first-order valence-corrected chi connectivity index (χ1v) is 10.7. The van der Waals surface area contributed by atoms with Crippen LogP contribution in [0.15, 0.2) is 53.1 Å². The Balaban J connectivity index is 1.24. The average molecular weight is 454 g/mol. The number of benzene rings is 2. The van der Waals surface area contributed by atoms with Gasteiger partial charge in [0.2, 0.25) is 5.89 Å². The molecule has 5 rings (SSSR count). The van der Waals surface area contributed by atoms with Crippen molar-refractivity contribution in [3.8, 4) is 22.7 Å². The summed E-state index contributed by atoms with van der Waals surface area (Å²) in [5, 5.41) is 18.6. The van der Waals surface area contributed by atoms with Crippen LogP contribution in [0.4, 0.5) is 13.2 Å². The molecule has 0 atom stereocenters. The Morgan fingerprint density at radius 1 is 1.03 bits per heavy atom. The zero-order valence-electron chi connectivity index (χ0n) is 17.6. The SMILES string of the molecule is Fc1cc(-c2nnc(C(F)F)o2)ccc1Cn1cc(-c2ccc(CNC3CCC3)cc2)nn1. The van der Waals surface area contributed by atoms with Gasteiger partial charge >= 0.3 is 6.43 Å². The molecular weight excluding hydrogens is 433 g/mol. The highest BCUT2D eigenvalue weighted by Crippen LogP contribution is 2.25. The van der Waals surface area contributed by atoms with Gasteiger partial charge in [-0.05, 0) is 30.5 Å². The normalized spacial score (nSPS) is 14.1. The highest BCUT2D eigenvalue weighted by molar-refractivity contribution is 5.58. The second-order valence-corrected chi connectivity index (χ2v) is 8.06. The summed E-state index contributed by atoms with van der Waals surface area (Å²) in [5.74, 6) is -1.50. The van der Waals surface area contributed by atoms with E-state index in [1.807, 2.05) is 12.1 Å². The van der Waals surface area contributed by atoms with E-state index in [-0.39, 0.29) is 18.0 Å². The van der Waals surface area contributed by atoms with Crippen LogP contribution in [0.25, 0.3) is 22.7 Å². The van der Waals surface area contributed by atoms with Gasteiger partial charge in [-0.1, -0.05) is 42.0 Å². The summed E-state index contributed by atoms with van der Waals surface area (Å²) in [6.45, 7) is 1.01. The van der Waals surface area contributed by atoms with E-state index < -0.39 is 18.1 Å². The summed E-state index contributed by atoms with van der Waals surface area (Å²) in [5.41, 5.74) is 3.41. The largest absolute Gasteiger partial charge is 0.415 e. The molecule has 0 spiro atoms. The van der Waals surface area contributed by atoms with Gasteiger partial charge in [0.25, 0.3) is 5.89 Å². The summed E-state index contributed by atoms with van der Waals surface area (Å²) < 4.78 is 46.3. The van der Waals surface area contributed by atoms with Gasteiger partial charge in [0.15, 0.2) is 0 Å². The first-order valence-electron chi connectivity index (χ1n) is 10.7. The van der Waals surface area contributed by atoms with Gasteiger partial charge in [-0.3, -0.25) is 0 Å². The van der Waals surface area contributed by atoms with Crippen molar-refractivity contribution in [2.45, 2.75) is 44.8 Å². The van der Waals surface area contributed by atoms with Crippen LogP contribution < -0.4 is 5.32 Å². The lowest BCUT2D eigenvalue weighted by Gasteiger charge is -2.26. The number of rotatable bonds is 8. The van der Waals surface area contributed by atoms with Gasteiger partial charge in [-0.2, -0.15) is 8.78 Å². The Labute approximate surface area is 187 Å². The molecule has 0 saturated heterocycles. The van der Waals surface area contributed by atoms with Crippen molar-refractivity contribution in [2.75, 3.05) is 0 Å². The van der Waals surface area contributed by atoms with Crippen LogP contribution in [0.1, 0.15) is 42.7 Å². The second-order valence-electron chi connectivity index (χ2n) is 8.06. The zero-order valence-corrected chi connectivity index (χ0v) is 17.6. The summed E-state index contributed by atoms with van der Waals surface area (Å²) in [6.07, 6.45) is 2.68. The minimum atomic E-state index is -2.88. The molecule has 1 aliphatic rings. The molecule has 2 aromatic heterocycles. The summed E-state index contributed by atoms with van der Waals surface area (Å²) in [4.78, 5) is 0. The molecule has 1 N–H and O–H groups in total. The molecule has 1 aliphatic carbocycles. The van der Waals surface area contributed by atoms with Crippen molar-refractivity contribution in [1.82, 2.24) is 30.5 Å². The lowest BCUT2D eigenvalue weighted by molar-refractivity contribution is 0.116. The lowest BCUT2D eigenvalue weighted by atomic mass is 9.93. The molecule has 0 radical (unpaired) electrons. The molecular formula is C23H21F3N6O. The van der Waals surface area contributed by atoms with E-state index in [1.165, 1.54) is 43.0 Å². The summed E-state index contributed by atoms with van der Waals surface area (Å²) in [6, 6.07) is 13.0. The predicted octanol–water partition coefficient (Wildman–Crippen LogP) is 4.76. The minimum Gasteiger partial charge on any atom is -0.415 e. The van der Waals surface area contributed by atoms with Crippen molar-refractivity contribution in [3.05, 3.63) is 71.5 Å². The fraction of sp³-hybridized carbons (Fsp3) is 0.304. The fourth-order valence-corrected chi connectivity index (χ4v) is 3.60. The summed E-state index contributed by atoms with van der Waals surface area (Å²) in [7, 11) is 0. The Bertz CT molecular complexity index is 1230. The zero-order chi connectivity index (χ0) is 22.8. The van der Waals surface area contributed by atoms with E-state index in [4.69, 9.17) is 4.42 Å². The smallest absolute Gasteiger partial charge is 0.314 e. The minimum absolute atomic E-state index is 0.161. The van der Waals surface area contributed by atoms with Crippen LogP contribution in [0.3, 0.4) is 0 Å². The maximum Gasteiger partial charge on any atom is 0.314 e. The number of hydrogen-bond acceptors (Lipinski definition) is 6. The number of nitrogens with one attached hydrogen (secondary N) is 1. The fourth-order valence-electron chi connectivity index (χ4n) is 3.60. The molecule has 33 heavy (non-hydrogen) atoms. The van der Waals surface area contributed by atoms with Gasteiger partial charge < -0.3 is 9.73 Å². The maximum atomic E-state index is 14.6. The van der Waals surface area contributed by atoms with Crippen LogP contribution in [0.5, 0.6) is 0 Å². The van der Waals surface area contributed by atoms with Gasteiger partial charge in [-0.25, -0.2) is 9.07 Å². The topological polar surface area (TPSA) is 81.7 Å². The number of nitrogens with zero attached hydrogens (tertiary/aromatic N) is 5. The monoisotopic (exact) mass is 454 g/mol. The first kappa shape index (κ1) is 21.3. The van der Waals surface area contributed by atoms with Gasteiger partial charge in [0.05, 0.1) is 12.7 Å². The highest BCUT2D eigenvalue weighted by Gasteiger charge is 2.18. The Kier molecular flexibility index (Phi) is 5.91. The van der Waals surface area contributed by atoms with Crippen LogP contribution >= 0.6 is 0 Å². The molecule has 0 unspecified atom stereocenters. The molecule has 0 amide bonds. The Morgan fingerprint density at radius 3 is 2.48 bits per heavy atom.